The molecule has 2 unspecified atom stereocenters. The molecule has 0 spiro atoms. The van der Waals surface area contributed by atoms with Crippen LogP contribution in [0.2, 0.25) is 5.02 Å². The Balaban J connectivity index is 1.65. The number of halogens is 2. The van der Waals surface area contributed by atoms with Crippen LogP contribution < -0.4 is 10.7 Å². The Morgan fingerprint density at radius 3 is 2.59 bits per heavy atom. The van der Waals surface area contributed by atoms with Gasteiger partial charge in [0, 0.05) is 10.7 Å². The lowest BCUT2D eigenvalue weighted by molar-refractivity contribution is -0.116. The molecule has 0 radical (unpaired) electrons. The highest BCUT2D eigenvalue weighted by Crippen LogP contribution is 2.37. The standard InChI is InChI=1S/C18H15ClFN5OS/c1-10-22-23-18-25(10)24-15(11-2-6-13(20)7-3-11)16(27-18)17(26)21-14-8-4-12(19)5-9-14/h2-9,15-16,24H,1H3,(H,21,26). The summed E-state index contributed by atoms with van der Waals surface area (Å²) < 4.78 is 15.1. The Bertz CT molecular complexity index is 976. The van der Waals surface area contributed by atoms with Crippen LogP contribution >= 0.6 is 23.4 Å². The highest BCUT2D eigenvalue weighted by molar-refractivity contribution is 8.00. The van der Waals surface area contributed by atoms with Crippen LogP contribution in [0.25, 0.3) is 0 Å². The molecule has 0 saturated carbocycles. The molecule has 1 aliphatic rings. The molecular formula is C18H15ClFN5OS. The molecule has 4 rings (SSSR count). The summed E-state index contributed by atoms with van der Waals surface area (Å²) in [5, 5.41) is 11.7. The summed E-state index contributed by atoms with van der Waals surface area (Å²) >= 11 is 7.21. The van der Waals surface area contributed by atoms with Crippen LogP contribution in [0.5, 0.6) is 0 Å². The number of hydrogen-bond donors (Lipinski definition) is 2. The molecule has 2 heterocycles. The van der Waals surface area contributed by atoms with Gasteiger partial charge in [-0.05, 0) is 48.9 Å². The highest BCUT2D eigenvalue weighted by Gasteiger charge is 2.37. The first-order valence-electron chi connectivity index (χ1n) is 8.18. The molecule has 1 aliphatic heterocycles. The molecule has 2 N–H and O–H groups in total. The molecular weight excluding hydrogens is 389 g/mol. The SMILES string of the molecule is Cc1nnc2n1NC(c1ccc(F)cc1)C(C(=O)Nc1ccc(Cl)cc1)S2. The molecule has 0 fully saturated rings. The summed E-state index contributed by atoms with van der Waals surface area (Å²) in [6.07, 6.45) is 0. The minimum Gasteiger partial charge on any atom is -0.325 e. The summed E-state index contributed by atoms with van der Waals surface area (Å²) in [6.45, 7) is 1.82. The highest BCUT2D eigenvalue weighted by atomic mass is 35.5. The third-order valence-electron chi connectivity index (χ3n) is 4.20. The fourth-order valence-electron chi connectivity index (χ4n) is 2.83. The molecule has 138 valence electrons. The second-order valence-electron chi connectivity index (χ2n) is 6.06. The largest absolute Gasteiger partial charge is 0.325 e. The lowest BCUT2D eigenvalue weighted by atomic mass is 10.0. The third-order valence-corrected chi connectivity index (χ3v) is 5.66. The number of amides is 1. The maximum atomic E-state index is 13.3. The van der Waals surface area contributed by atoms with Crippen molar-refractivity contribution < 1.29 is 9.18 Å². The van der Waals surface area contributed by atoms with Crippen LogP contribution in [-0.4, -0.2) is 26.0 Å². The number of thioether (sulfide) groups is 1. The van der Waals surface area contributed by atoms with Gasteiger partial charge in [-0.1, -0.05) is 35.5 Å². The lowest BCUT2D eigenvalue weighted by Crippen LogP contribution is -2.41. The Labute approximate surface area is 164 Å². The van der Waals surface area contributed by atoms with Crippen molar-refractivity contribution in [2.24, 2.45) is 0 Å². The van der Waals surface area contributed by atoms with Gasteiger partial charge in [-0.2, -0.15) is 0 Å². The summed E-state index contributed by atoms with van der Waals surface area (Å²) in [5.74, 6) is 0.155. The van der Waals surface area contributed by atoms with Gasteiger partial charge in [-0.3, -0.25) is 4.79 Å². The van der Waals surface area contributed by atoms with Gasteiger partial charge in [0.2, 0.25) is 11.1 Å². The van der Waals surface area contributed by atoms with Gasteiger partial charge in [0.15, 0.2) is 0 Å². The maximum absolute atomic E-state index is 13.3. The first kappa shape index (κ1) is 17.8. The van der Waals surface area contributed by atoms with E-state index in [0.717, 1.165) is 5.56 Å². The second kappa shape index (κ2) is 7.21. The summed E-state index contributed by atoms with van der Waals surface area (Å²) in [4.78, 5) is 13.0. The average Bonchev–Trinajstić information content (AvgIpc) is 3.03. The third kappa shape index (κ3) is 3.63. The first-order chi connectivity index (χ1) is 13.0. The molecule has 0 aliphatic carbocycles. The van der Waals surface area contributed by atoms with E-state index in [9.17, 15) is 9.18 Å². The van der Waals surface area contributed by atoms with Gasteiger partial charge >= 0.3 is 0 Å². The first-order valence-corrected chi connectivity index (χ1v) is 9.44. The topological polar surface area (TPSA) is 71.8 Å². The second-order valence-corrected chi connectivity index (χ2v) is 7.60. The zero-order valence-electron chi connectivity index (χ0n) is 14.2. The average molecular weight is 404 g/mol. The van der Waals surface area contributed by atoms with E-state index >= 15 is 0 Å². The smallest absolute Gasteiger partial charge is 0.240 e. The minimum atomic E-state index is -0.526. The van der Waals surface area contributed by atoms with Crippen LogP contribution in [-0.2, 0) is 4.79 Å². The molecule has 2 aromatic carbocycles. The molecule has 2 atom stereocenters. The van der Waals surface area contributed by atoms with Crippen molar-refractivity contribution in [1.82, 2.24) is 14.9 Å². The maximum Gasteiger partial charge on any atom is 0.240 e. The van der Waals surface area contributed by atoms with Gasteiger partial charge in [0.05, 0.1) is 6.04 Å². The van der Waals surface area contributed by atoms with E-state index < -0.39 is 5.25 Å². The number of carbonyl (C=O) groups is 1. The number of carbonyl (C=O) groups excluding carboxylic acids is 1. The number of benzene rings is 2. The zero-order chi connectivity index (χ0) is 19.0. The van der Waals surface area contributed by atoms with Crippen LogP contribution in [0.15, 0.2) is 53.7 Å². The Morgan fingerprint density at radius 1 is 1.19 bits per heavy atom. The van der Waals surface area contributed by atoms with Crippen LogP contribution in [0.3, 0.4) is 0 Å². The van der Waals surface area contributed by atoms with Crippen molar-refractivity contribution in [3.05, 3.63) is 70.8 Å². The van der Waals surface area contributed by atoms with E-state index in [1.807, 2.05) is 6.92 Å². The van der Waals surface area contributed by atoms with Gasteiger partial charge in [0.1, 0.15) is 16.9 Å². The number of anilines is 1. The fourth-order valence-corrected chi connectivity index (χ4v) is 4.08. The minimum absolute atomic E-state index is 0.198. The zero-order valence-corrected chi connectivity index (χ0v) is 15.8. The van der Waals surface area contributed by atoms with E-state index in [1.165, 1.54) is 23.9 Å². The van der Waals surface area contributed by atoms with Crippen LogP contribution in [0.1, 0.15) is 17.4 Å². The van der Waals surface area contributed by atoms with Crippen molar-refractivity contribution in [1.29, 1.82) is 0 Å². The molecule has 9 heteroatoms. The predicted molar refractivity (Wildman–Crippen MR) is 103 cm³/mol. The number of fused-ring (bicyclic) bond motifs is 1. The van der Waals surface area contributed by atoms with E-state index in [2.05, 4.69) is 20.9 Å². The van der Waals surface area contributed by atoms with E-state index in [0.29, 0.717) is 21.7 Å². The van der Waals surface area contributed by atoms with Gasteiger partial charge in [-0.15, -0.1) is 10.2 Å². The van der Waals surface area contributed by atoms with Crippen molar-refractivity contribution in [2.75, 3.05) is 10.7 Å². The molecule has 1 aromatic heterocycles. The molecule has 1 amide bonds. The summed E-state index contributed by atoms with van der Waals surface area (Å²) in [6, 6.07) is 12.6. The Morgan fingerprint density at radius 2 is 1.89 bits per heavy atom. The van der Waals surface area contributed by atoms with Crippen molar-refractivity contribution >= 4 is 35.0 Å². The number of aromatic nitrogens is 3. The summed E-state index contributed by atoms with van der Waals surface area (Å²) in [5.41, 5.74) is 4.71. The molecule has 0 bridgehead atoms. The molecule has 3 aromatic rings. The van der Waals surface area contributed by atoms with Crippen LogP contribution in [0.4, 0.5) is 10.1 Å². The van der Waals surface area contributed by atoms with Crippen molar-refractivity contribution in [3.63, 3.8) is 0 Å². The lowest BCUT2D eigenvalue weighted by Gasteiger charge is -2.32. The number of hydrogen-bond acceptors (Lipinski definition) is 5. The van der Waals surface area contributed by atoms with Gasteiger partial charge in [0.25, 0.3) is 0 Å². The van der Waals surface area contributed by atoms with E-state index in [1.54, 1.807) is 41.1 Å². The van der Waals surface area contributed by atoms with E-state index in [-0.39, 0.29) is 17.8 Å². The normalized spacial score (nSPS) is 18.5. The van der Waals surface area contributed by atoms with E-state index in [4.69, 9.17) is 11.6 Å². The van der Waals surface area contributed by atoms with Crippen LogP contribution in [0, 0.1) is 12.7 Å². The Kier molecular flexibility index (Phi) is 4.75. The van der Waals surface area contributed by atoms with Gasteiger partial charge < -0.3 is 10.7 Å². The molecule has 27 heavy (non-hydrogen) atoms. The monoisotopic (exact) mass is 403 g/mol. The quantitative estimate of drug-likeness (QED) is 0.696. The number of rotatable bonds is 3. The Hall–Kier alpha value is -2.58. The molecule has 6 nitrogen and oxygen atoms in total. The van der Waals surface area contributed by atoms with Crippen molar-refractivity contribution in [3.8, 4) is 0 Å². The predicted octanol–water partition coefficient (Wildman–Crippen LogP) is 3.78. The van der Waals surface area contributed by atoms with Crippen molar-refractivity contribution in [2.45, 2.75) is 23.4 Å². The van der Waals surface area contributed by atoms with Gasteiger partial charge in [-0.25, -0.2) is 9.07 Å². The number of nitrogens with one attached hydrogen (secondary N) is 2. The number of aryl methyl sites for hydroxylation is 1. The summed E-state index contributed by atoms with van der Waals surface area (Å²) in [7, 11) is 0. The number of nitrogens with zero attached hydrogens (tertiary/aromatic N) is 3. The molecule has 0 saturated heterocycles. The fraction of sp³-hybridized carbons (Fsp3) is 0.167.